The van der Waals surface area contributed by atoms with Crippen molar-refractivity contribution < 1.29 is 0 Å². The number of rotatable bonds is 8. The van der Waals surface area contributed by atoms with Gasteiger partial charge in [-0.3, -0.25) is 0 Å². The molecule has 0 saturated carbocycles. The van der Waals surface area contributed by atoms with Gasteiger partial charge < -0.3 is 0 Å². The number of hydrogen-bond acceptors (Lipinski definition) is 0. The van der Waals surface area contributed by atoms with Gasteiger partial charge in [-0.2, -0.15) is 0 Å². The van der Waals surface area contributed by atoms with Crippen LogP contribution in [0, 0.1) is 11.8 Å². The molecule has 148 valence electrons. The molecule has 0 aromatic heterocycles. The Labute approximate surface area is 177 Å². The molecule has 0 fully saturated rings. The zero-order valence-corrected chi connectivity index (χ0v) is 17.9. The fraction of sp³-hybridized carbons (Fsp3) is 0.310. The van der Waals surface area contributed by atoms with Crippen LogP contribution in [0.3, 0.4) is 0 Å². The largest absolute Gasteiger partial charge is 0.0654 e. The Balaban J connectivity index is 1.52. The quantitative estimate of drug-likeness (QED) is 0.363. The van der Waals surface area contributed by atoms with Crippen LogP contribution >= 0.6 is 0 Å². The Kier molecular flexibility index (Phi) is 8.14. The van der Waals surface area contributed by atoms with Gasteiger partial charge >= 0.3 is 0 Å². The Bertz CT molecular complexity index is 917. The van der Waals surface area contributed by atoms with E-state index in [0.717, 1.165) is 30.4 Å². The fourth-order valence-corrected chi connectivity index (χ4v) is 3.48. The molecule has 0 heteroatoms. The summed E-state index contributed by atoms with van der Waals surface area (Å²) in [6.45, 7) is 4.46. The zero-order chi connectivity index (χ0) is 20.3. The van der Waals surface area contributed by atoms with E-state index in [1.54, 1.807) is 0 Å². The highest BCUT2D eigenvalue weighted by Gasteiger charge is 1.98. The lowest BCUT2D eigenvalue weighted by atomic mass is 10.0. The summed E-state index contributed by atoms with van der Waals surface area (Å²) in [5.41, 5.74) is 7.79. The van der Waals surface area contributed by atoms with Gasteiger partial charge in [-0.15, -0.1) is 0 Å². The highest BCUT2D eigenvalue weighted by Crippen LogP contribution is 2.12. The van der Waals surface area contributed by atoms with Gasteiger partial charge in [0.05, 0.1) is 0 Å². The summed E-state index contributed by atoms with van der Waals surface area (Å²) >= 11 is 0. The molecule has 0 amide bonds. The molecule has 0 aliphatic rings. The molecule has 0 heterocycles. The van der Waals surface area contributed by atoms with Crippen LogP contribution in [0.4, 0.5) is 0 Å². The van der Waals surface area contributed by atoms with Crippen molar-refractivity contribution in [2.45, 2.75) is 58.8 Å². The number of aryl methyl sites for hydroxylation is 4. The molecule has 0 saturated heterocycles. The smallest absolute Gasteiger partial charge is 0.0249 e. The van der Waals surface area contributed by atoms with Crippen LogP contribution in [0.5, 0.6) is 0 Å². The first-order valence-corrected chi connectivity index (χ1v) is 11.0. The zero-order valence-electron chi connectivity index (χ0n) is 17.9. The predicted octanol–water partition coefficient (Wildman–Crippen LogP) is 7.17. The minimum atomic E-state index is 1.07. The van der Waals surface area contributed by atoms with Crippen molar-refractivity contribution in [2.24, 2.45) is 0 Å². The summed E-state index contributed by atoms with van der Waals surface area (Å²) in [6.07, 6.45) is 8.21. The molecule has 0 aliphatic heterocycles. The van der Waals surface area contributed by atoms with E-state index in [9.17, 15) is 0 Å². The SMILES string of the molecule is CCCCc1ccc(CCc2ccc(C#Cc3ccc(CCC)cc3)cc2)cc1. The van der Waals surface area contributed by atoms with Crippen LogP contribution in [-0.4, -0.2) is 0 Å². The van der Waals surface area contributed by atoms with Crippen LogP contribution in [0.25, 0.3) is 0 Å². The molecule has 0 radical (unpaired) electrons. The normalized spacial score (nSPS) is 10.4. The molecule has 3 aromatic carbocycles. The van der Waals surface area contributed by atoms with Crippen LogP contribution in [0.1, 0.15) is 66.5 Å². The van der Waals surface area contributed by atoms with Crippen LogP contribution in [0.2, 0.25) is 0 Å². The summed E-state index contributed by atoms with van der Waals surface area (Å²) in [6, 6.07) is 26.5. The van der Waals surface area contributed by atoms with Crippen LogP contribution < -0.4 is 0 Å². The van der Waals surface area contributed by atoms with E-state index in [2.05, 4.69) is 98.5 Å². The summed E-state index contributed by atoms with van der Waals surface area (Å²) in [5.74, 6) is 6.56. The van der Waals surface area contributed by atoms with Gasteiger partial charge in [0.15, 0.2) is 0 Å². The summed E-state index contributed by atoms with van der Waals surface area (Å²) in [4.78, 5) is 0. The van der Waals surface area contributed by atoms with Crippen molar-refractivity contribution in [1.82, 2.24) is 0 Å². The van der Waals surface area contributed by atoms with Gasteiger partial charge in [0.25, 0.3) is 0 Å². The fourth-order valence-electron chi connectivity index (χ4n) is 3.48. The minimum absolute atomic E-state index is 1.07. The van der Waals surface area contributed by atoms with E-state index >= 15 is 0 Å². The first kappa shape index (κ1) is 20.9. The first-order valence-electron chi connectivity index (χ1n) is 11.0. The molecule has 0 N–H and O–H groups in total. The van der Waals surface area contributed by atoms with Crippen molar-refractivity contribution in [3.05, 3.63) is 106 Å². The van der Waals surface area contributed by atoms with E-state index < -0.39 is 0 Å². The third-order valence-electron chi connectivity index (χ3n) is 5.34. The predicted molar refractivity (Wildman–Crippen MR) is 125 cm³/mol. The average molecular weight is 381 g/mol. The number of hydrogen-bond donors (Lipinski definition) is 0. The Morgan fingerprint density at radius 1 is 0.448 bits per heavy atom. The second-order valence-electron chi connectivity index (χ2n) is 7.81. The Hall–Kier alpha value is -2.78. The summed E-state index contributed by atoms with van der Waals surface area (Å²) in [5, 5.41) is 0. The highest BCUT2D eigenvalue weighted by atomic mass is 14.0. The van der Waals surface area contributed by atoms with Crippen molar-refractivity contribution in [2.75, 3.05) is 0 Å². The van der Waals surface area contributed by atoms with Crippen molar-refractivity contribution in [3.8, 4) is 11.8 Å². The Morgan fingerprint density at radius 2 is 0.828 bits per heavy atom. The van der Waals surface area contributed by atoms with E-state index in [1.165, 1.54) is 47.9 Å². The van der Waals surface area contributed by atoms with E-state index in [0.29, 0.717) is 0 Å². The molecule has 0 unspecified atom stereocenters. The molecular formula is C29H32. The summed E-state index contributed by atoms with van der Waals surface area (Å²) in [7, 11) is 0. The van der Waals surface area contributed by atoms with Crippen molar-refractivity contribution in [1.29, 1.82) is 0 Å². The highest BCUT2D eigenvalue weighted by molar-refractivity contribution is 5.44. The lowest BCUT2D eigenvalue weighted by molar-refractivity contribution is 0.794. The van der Waals surface area contributed by atoms with E-state index in [4.69, 9.17) is 0 Å². The maximum absolute atomic E-state index is 3.29. The second kappa shape index (κ2) is 11.3. The maximum Gasteiger partial charge on any atom is 0.0249 e. The van der Waals surface area contributed by atoms with Gasteiger partial charge in [-0.05, 0) is 78.6 Å². The third-order valence-corrected chi connectivity index (χ3v) is 5.34. The van der Waals surface area contributed by atoms with Gasteiger partial charge in [-0.1, -0.05) is 87.1 Å². The second-order valence-corrected chi connectivity index (χ2v) is 7.81. The van der Waals surface area contributed by atoms with E-state index in [1.807, 2.05) is 0 Å². The molecule has 0 spiro atoms. The lowest BCUT2D eigenvalue weighted by Crippen LogP contribution is -1.92. The molecule has 29 heavy (non-hydrogen) atoms. The number of unbranched alkanes of at least 4 members (excludes halogenated alkanes) is 1. The minimum Gasteiger partial charge on any atom is -0.0654 e. The maximum atomic E-state index is 3.29. The molecule has 3 aromatic rings. The monoisotopic (exact) mass is 380 g/mol. The molecule has 0 bridgehead atoms. The molecule has 0 nitrogen and oxygen atoms in total. The standard InChI is InChI=1S/C29H32/c1-3-5-7-25-10-14-27(15-11-25)17-19-29-22-20-28(21-23-29)18-16-26-12-8-24(6-4-2)9-13-26/h8-15,20-23H,3-7,17,19H2,1-2H3. The van der Waals surface area contributed by atoms with E-state index in [-0.39, 0.29) is 0 Å². The van der Waals surface area contributed by atoms with Crippen molar-refractivity contribution in [3.63, 3.8) is 0 Å². The first-order chi connectivity index (χ1) is 14.3. The molecule has 3 rings (SSSR count). The average Bonchev–Trinajstić information content (AvgIpc) is 2.77. The van der Waals surface area contributed by atoms with Gasteiger partial charge in [-0.25, -0.2) is 0 Å². The Morgan fingerprint density at radius 3 is 1.24 bits per heavy atom. The van der Waals surface area contributed by atoms with Crippen LogP contribution in [-0.2, 0) is 25.7 Å². The lowest BCUT2D eigenvalue weighted by Gasteiger charge is -2.05. The van der Waals surface area contributed by atoms with Gasteiger partial charge in [0, 0.05) is 11.1 Å². The number of benzene rings is 3. The van der Waals surface area contributed by atoms with Crippen LogP contribution in [0.15, 0.2) is 72.8 Å². The van der Waals surface area contributed by atoms with Gasteiger partial charge in [0.1, 0.15) is 0 Å². The molecule has 0 aliphatic carbocycles. The molecular weight excluding hydrogens is 348 g/mol. The topological polar surface area (TPSA) is 0 Å². The summed E-state index contributed by atoms with van der Waals surface area (Å²) < 4.78 is 0. The third kappa shape index (κ3) is 6.95. The van der Waals surface area contributed by atoms with Gasteiger partial charge in [0.2, 0.25) is 0 Å². The molecule has 0 atom stereocenters. The van der Waals surface area contributed by atoms with Crippen molar-refractivity contribution >= 4 is 0 Å².